The van der Waals surface area contributed by atoms with E-state index < -0.39 is 53.1 Å². The first-order chi connectivity index (χ1) is 34.3. The van der Waals surface area contributed by atoms with Gasteiger partial charge in [0.15, 0.2) is 0 Å². The van der Waals surface area contributed by atoms with Crippen molar-refractivity contribution < 1.29 is 54.6 Å². The number of nitrogens with one attached hydrogen (secondary N) is 1. The van der Waals surface area contributed by atoms with Crippen LogP contribution in [0.2, 0.25) is 0 Å². The second-order valence-electron chi connectivity index (χ2n) is 19.2. The molecule has 2 saturated heterocycles. The fraction of sp³-hybridized carbons (Fsp3) is 0.400. The van der Waals surface area contributed by atoms with Gasteiger partial charge in [-0.1, -0.05) is 78.9 Å². The van der Waals surface area contributed by atoms with Crippen molar-refractivity contribution in [2.24, 2.45) is 0 Å². The highest BCUT2D eigenvalue weighted by Crippen LogP contribution is 2.48. The van der Waals surface area contributed by atoms with Gasteiger partial charge in [0.2, 0.25) is 5.91 Å². The lowest BCUT2D eigenvalue weighted by molar-refractivity contribution is -0.143. The second-order valence-corrected chi connectivity index (χ2v) is 19.2. The van der Waals surface area contributed by atoms with E-state index >= 15 is 0 Å². The van der Waals surface area contributed by atoms with Crippen molar-refractivity contribution in [1.82, 2.24) is 24.9 Å². The average molecular weight is 1000 g/mol. The van der Waals surface area contributed by atoms with Crippen LogP contribution >= 0.6 is 0 Å². The third-order valence-electron chi connectivity index (χ3n) is 14.5. The fourth-order valence-corrected chi connectivity index (χ4v) is 10.3. The van der Waals surface area contributed by atoms with Crippen LogP contribution in [0.3, 0.4) is 0 Å². The van der Waals surface area contributed by atoms with E-state index in [9.17, 15) is 45.1 Å². The molecule has 17 heteroatoms. The molecule has 8 rings (SSSR count). The molecule has 0 unspecified atom stereocenters. The van der Waals surface area contributed by atoms with Crippen molar-refractivity contribution in [3.63, 3.8) is 0 Å². The summed E-state index contributed by atoms with van der Waals surface area (Å²) < 4.78 is 109. The van der Waals surface area contributed by atoms with E-state index in [-0.39, 0.29) is 49.0 Å². The molecule has 5 aromatic carbocycles. The second kappa shape index (κ2) is 21.9. The molecule has 1 spiro atoms. The van der Waals surface area contributed by atoms with Crippen LogP contribution in [-0.2, 0) is 57.1 Å². The number of fused-ring (bicyclic) bond motifs is 2. The SMILES string of the molecule is CN(CCCN(C)C(=O)c1ccc(CNCc2ccccc2)cc1)C(=O)CO[C@H]1Cc2ccccc2C12CCN(CC[C@@]1(c3ccc(F)cc3)CN(C(=O)c3cc(C(F)(F)F)cc(C(F)(F)F)c3)CO1)CC2. The first-order valence-electron chi connectivity index (χ1n) is 24.1. The molecule has 382 valence electrons. The molecule has 1 N–H and O–H groups in total. The lowest BCUT2D eigenvalue weighted by atomic mass is 9.72. The van der Waals surface area contributed by atoms with Crippen LogP contribution in [0.1, 0.15) is 85.3 Å². The molecule has 0 bridgehead atoms. The van der Waals surface area contributed by atoms with Crippen molar-refractivity contribution in [2.45, 2.75) is 74.7 Å². The van der Waals surface area contributed by atoms with E-state index in [4.69, 9.17) is 9.47 Å². The molecular formula is C55H58F7N5O5. The number of likely N-dealkylation sites (tertiary alicyclic amines) is 1. The lowest BCUT2D eigenvalue weighted by Crippen LogP contribution is -2.50. The molecule has 10 nitrogen and oxygen atoms in total. The predicted octanol–water partition coefficient (Wildman–Crippen LogP) is 9.46. The van der Waals surface area contributed by atoms with Gasteiger partial charge >= 0.3 is 12.4 Å². The van der Waals surface area contributed by atoms with Gasteiger partial charge in [0.25, 0.3) is 11.8 Å². The predicted molar refractivity (Wildman–Crippen MR) is 256 cm³/mol. The average Bonchev–Trinajstić information content (AvgIpc) is 3.94. The van der Waals surface area contributed by atoms with Crippen LogP contribution < -0.4 is 5.32 Å². The van der Waals surface area contributed by atoms with Gasteiger partial charge in [0.1, 0.15) is 24.8 Å². The summed E-state index contributed by atoms with van der Waals surface area (Å²) in [5.41, 5.74) is 0.0859. The zero-order valence-corrected chi connectivity index (χ0v) is 40.2. The molecule has 2 aliphatic heterocycles. The third-order valence-corrected chi connectivity index (χ3v) is 14.5. The Kier molecular flexibility index (Phi) is 15.9. The van der Waals surface area contributed by atoms with Crippen LogP contribution in [0.25, 0.3) is 0 Å². The van der Waals surface area contributed by atoms with Crippen LogP contribution in [0.15, 0.2) is 121 Å². The number of likely N-dealkylation sites (N-methyl/N-ethyl adjacent to an activating group) is 1. The molecule has 2 heterocycles. The number of ether oxygens (including phenoxy) is 2. The molecule has 2 atom stereocenters. The normalized spacial score (nSPS) is 18.8. The van der Waals surface area contributed by atoms with Crippen LogP contribution in [0.4, 0.5) is 30.7 Å². The smallest absolute Gasteiger partial charge is 0.367 e. The monoisotopic (exact) mass is 1000 g/mol. The Morgan fingerprint density at radius 3 is 2.01 bits per heavy atom. The van der Waals surface area contributed by atoms with Gasteiger partial charge < -0.3 is 34.4 Å². The zero-order chi connectivity index (χ0) is 51.3. The van der Waals surface area contributed by atoms with E-state index in [1.54, 1.807) is 23.9 Å². The molecule has 5 aromatic rings. The highest BCUT2D eigenvalue weighted by atomic mass is 19.4. The van der Waals surface area contributed by atoms with E-state index in [1.165, 1.54) is 35.4 Å². The number of carbonyl (C=O) groups excluding carboxylic acids is 3. The zero-order valence-electron chi connectivity index (χ0n) is 40.2. The van der Waals surface area contributed by atoms with Gasteiger partial charge in [-0.05, 0) is 115 Å². The Hall–Kier alpha value is -6.14. The van der Waals surface area contributed by atoms with Gasteiger partial charge in [-0.2, -0.15) is 26.3 Å². The van der Waals surface area contributed by atoms with Gasteiger partial charge in [-0.15, -0.1) is 0 Å². The molecule has 72 heavy (non-hydrogen) atoms. The summed E-state index contributed by atoms with van der Waals surface area (Å²) in [5, 5.41) is 3.42. The van der Waals surface area contributed by atoms with Crippen LogP contribution in [0.5, 0.6) is 0 Å². The Morgan fingerprint density at radius 2 is 1.36 bits per heavy atom. The number of piperidine rings is 1. The number of amides is 3. The number of nitrogens with zero attached hydrogens (tertiary/aromatic N) is 4. The quantitative estimate of drug-likeness (QED) is 0.0929. The first-order valence-corrected chi connectivity index (χ1v) is 24.1. The summed E-state index contributed by atoms with van der Waals surface area (Å²) in [4.78, 5) is 47.0. The number of carbonyl (C=O) groups is 3. The molecular weight excluding hydrogens is 944 g/mol. The fourth-order valence-electron chi connectivity index (χ4n) is 10.3. The highest BCUT2D eigenvalue weighted by Gasteiger charge is 2.50. The Morgan fingerprint density at radius 1 is 0.750 bits per heavy atom. The summed E-state index contributed by atoms with van der Waals surface area (Å²) >= 11 is 0. The standard InChI is InChI=1S/C55H58F7N5O5/c1-64(24-8-25-65(2)50(69)40-15-13-39(14-16-40)34-63-33-38-9-4-3-5-10-38)49(68)35-71-48-31-41-11-6-7-12-47(41)52(48)21-26-66(27-22-52)28-23-53(43-17-19-46(56)20-18-43)36-67(37-72-53)51(70)42-29-44(54(57,58)59)32-45(30-42)55(60,61)62/h3-7,9-20,29-30,32,48,63H,8,21-28,31,33-37H2,1-2H3/t48-,53-/m0/s1. The lowest BCUT2D eigenvalue weighted by Gasteiger charge is -2.44. The molecule has 1 aliphatic carbocycles. The van der Waals surface area contributed by atoms with Crippen LogP contribution in [-0.4, -0.2) is 110 Å². The maximum Gasteiger partial charge on any atom is 0.416 e. The molecule has 0 aromatic heterocycles. The molecule has 0 saturated carbocycles. The molecule has 3 aliphatic rings. The topological polar surface area (TPSA) is 94.7 Å². The number of benzene rings is 5. The van der Waals surface area contributed by atoms with Gasteiger partial charge in [0.05, 0.1) is 23.8 Å². The van der Waals surface area contributed by atoms with Crippen molar-refractivity contribution >= 4 is 17.7 Å². The van der Waals surface area contributed by atoms with Crippen LogP contribution in [0, 0.1) is 5.82 Å². The van der Waals surface area contributed by atoms with E-state index in [0.717, 1.165) is 22.6 Å². The number of rotatable bonds is 17. The largest absolute Gasteiger partial charge is 0.416 e. The summed E-state index contributed by atoms with van der Waals surface area (Å²) in [6.45, 7) is 3.25. The van der Waals surface area contributed by atoms with Crippen molar-refractivity contribution in [1.29, 1.82) is 0 Å². The third kappa shape index (κ3) is 12.0. The Balaban J connectivity index is 0.844. The molecule has 3 amide bonds. The molecule has 0 radical (unpaired) electrons. The van der Waals surface area contributed by atoms with Gasteiger partial charge in [0, 0.05) is 63.4 Å². The number of halogens is 7. The van der Waals surface area contributed by atoms with Gasteiger partial charge in [-0.3, -0.25) is 14.4 Å². The Bertz CT molecular complexity index is 2640. The summed E-state index contributed by atoms with van der Waals surface area (Å²) in [7, 11) is 3.48. The number of hydrogen-bond acceptors (Lipinski definition) is 7. The summed E-state index contributed by atoms with van der Waals surface area (Å²) in [5.74, 6) is -1.86. The molecule has 2 fully saturated rings. The minimum Gasteiger partial charge on any atom is -0.367 e. The maximum atomic E-state index is 14.2. The van der Waals surface area contributed by atoms with E-state index in [2.05, 4.69) is 34.5 Å². The number of hydrogen-bond donors (Lipinski definition) is 1. The highest BCUT2D eigenvalue weighted by molar-refractivity contribution is 5.95. The minimum absolute atomic E-state index is 0.0253. The Labute approximate surface area is 414 Å². The van der Waals surface area contributed by atoms with Crippen molar-refractivity contribution in [3.05, 3.63) is 177 Å². The minimum atomic E-state index is -5.14. The first kappa shape index (κ1) is 52.2. The summed E-state index contributed by atoms with van der Waals surface area (Å²) in [6, 6.07) is 32.1. The maximum absolute atomic E-state index is 14.2. The van der Waals surface area contributed by atoms with Gasteiger partial charge in [-0.25, -0.2) is 4.39 Å². The number of alkyl halides is 6. The van der Waals surface area contributed by atoms with E-state index in [0.29, 0.717) is 88.2 Å². The summed E-state index contributed by atoms with van der Waals surface area (Å²) in [6.07, 6.45) is -7.69. The van der Waals surface area contributed by atoms with Crippen molar-refractivity contribution in [3.8, 4) is 0 Å². The van der Waals surface area contributed by atoms with E-state index in [1.807, 2.05) is 54.6 Å². The van der Waals surface area contributed by atoms with Crippen molar-refractivity contribution in [2.75, 3.05) is 66.7 Å².